The maximum absolute atomic E-state index is 5.65. The van der Waals surface area contributed by atoms with Gasteiger partial charge in [0, 0.05) is 22.4 Å². The van der Waals surface area contributed by atoms with Crippen molar-refractivity contribution in [1.82, 2.24) is 9.38 Å². The number of pyridine rings is 1. The SMILES string of the molecule is CCOc1ccccc1-c1cn2cc(Br)ccc2n1. The number of fused-ring (bicyclic) bond motifs is 1. The Kier molecular flexibility index (Phi) is 3.25. The molecule has 3 aromatic rings. The molecule has 3 nitrogen and oxygen atoms in total. The van der Waals surface area contributed by atoms with Crippen LogP contribution in [0.1, 0.15) is 6.92 Å². The van der Waals surface area contributed by atoms with E-state index in [9.17, 15) is 0 Å². The van der Waals surface area contributed by atoms with Crippen molar-refractivity contribution in [2.24, 2.45) is 0 Å². The fourth-order valence-electron chi connectivity index (χ4n) is 2.05. The van der Waals surface area contributed by atoms with E-state index in [2.05, 4.69) is 20.9 Å². The molecular weight excluding hydrogens is 304 g/mol. The van der Waals surface area contributed by atoms with Crippen LogP contribution in [0.3, 0.4) is 0 Å². The van der Waals surface area contributed by atoms with Crippen molar-refractivity contribution in [3.05, 3.63) is 53.3 Å². The molecular formula is C15H13BrN2O. The number of hydrogen-bond donors (Lipinski definition) is 0. The van der Waals surface area contributed by atoms with Crippen LogP contribution in [-0.4, -0.2) is 16.0 Å². The van der Waals surface area contributed by atoms with E-state index >= 15 is 0 Å². The Hall–Kier alpha value is -1.81. The molecule has 0 atom stereocenters. The van der Waals surface area contributed by atoms with Crippen LogP contribution in [0.15, 0.2) is 53.3 Å². The Morgan fingerprint density at radius 2 is 2.00 bits per heavy atom. The normalized spacial score (nSPS) is 10.8. The summed E-state index contributed by atoms with van der Waals surface area (Å²) in [5, 5.41) is 0. The number of hydrogen-bond acceptors (Lipinski definition) is 2. The first-order chi connectivity index (χ1) is 9.28. The quantitative estimate of drug-likeness (QED) is 0.725. The summed E-state index contributed by atoms with van der Waals surface area (Å²) in [7, 11) is 0. The van der Waals surface area contributed by atoms with Gasteiger partial charge in [-0.2, -0.15) is 0 Å². The third-order valence-corrected chi connectivity index (χ3v) is 3.35. The van der Waals surface area contributed by atoms with Crippen molar-refractivity contribution in [3.8, 4) is 17.0 Å². The van der Waals surface area contributed by atoms with Crippen LogP contribution in [0.5, 0.6) is 5.75 Å². The molecule has 0 unspecified atom stereocenters. The smallest absolute Gasteiger partial charge is 0.137 e. The minimum absolute atomic E-state index is 0.649. The van der Waals surface area contributed by atoms with Gasteiger partial charge in [0.15, 0.2) is 0 Å². The van der Waals surface area contributed by atoms with E-state index in [0.29, 0.717) is 6.61 Å². The maximum Gasteiger partial charge on any atom is 0.137 e. The molecule has 0 aliphatic heterocycles. The van der Waals surface area contributed by atoms with Gasteiger partial charge in [-0.3, -0.25) is 0 Å². The molecule has 2 heterocycles. The summed E-state index contributed by atoms with van der Waals surface area (Å²) in [5.74, 6) is 0.868. The van der Waals surface area contributed by atoms with Crippen LogP contribution in [-0.2, 0) is 0 Å². The number of nitrogens with zero attached hydrogens (tertiary/aromatic N) is 2. The minimum atomic E-state index is 0.649. The number of ether oxygens (including phenoxy) is 1. The van der Waals surface area contributed by atoms with E-state index in [1.54, 1.807) is 0 Å². The van der Waals surface area contributed by atoms with Gasteiger partial charge in [0.1, 0.15) is 11.4 Å². The number of aromatic nitrogens is 2. The fourth-order valence-corrected chi connectivity index (χ4v) is 2.41. The van der Waals surface area contributed by atoms with Gasteiger partial charge in [-0.1, -0.05) is 12.1 Å². The van der Waals surface area contributed by atoms with Crippen molar-refractivity contribution in [3.63, 3.8) is 0 Å². The summed E-state index contributed by atoms with van der Waals surface area (Å²) in [6.45, 7) is 2.63. The largest absolute Gasteiger partial charge is 0.493 e. The Bertz CT molecular complexity index is 721. The van der Waals surface area contributed by atoms with Gasteiger partial charge in [-0.15, -0.1) is 0 Å². The number of para-hydroxylation sites is 1. The lowest BCUT2D eigenvalue weighted by Crippen LogP contribution is -1.93. The van der Waals surface area contributed by atoms with E-state index < -0.39 is 0 Å². The first kappa shape index (κ1) is 12.2. The number of imidazole rings is 1. The van der Waals surface area contributed by atoms with E-state index in [4.69, 9.17) is 4.74 Å². The molecule has 0 bridgehead atoms. The lowest BCUT2D eigenvalue weighted by atomic mass is 10.1. The zero-order valence-electron chi connectivity index (χ0n) is 10.5. The lowest BCUT2D eigenvalue weighted by molar-refractivity contribution is 0.341. The van der Waals surface area contributed by atoms with Crippen molar-refractivity contribution in [1.29, 1.82) is 0 Å². The standard InChI is InChI=1S/C15H13BrN2O/c1-2-19-14-6-4-3-5-12(14)13-10-18-9-11(16)7-8-15(18)17-13/h3-10H,2H2,1H3. The van der Waals surface area contributed by atoms with Gasteiger partial charge in [-0.25, -0.2) is 4.98 Å². The van der Waals surface area contributed by atoms with Crippen molar-refractivity contribution < 1.29 is 4.74 Å². The topological polar surface area (TPSA) is 26.5 Å². The van der Waals surface area contributed by atoms with Crippen molar-refractivity contribution in [2.45, 2.75) is 6.92 Å². The molecule has 19 heavy (non-hydrogen) atoms. The van der Waals surface area contributed by atoms with Gasteiger partial charge in [-0.05, 0) is 47.1 Å². The molecule has 0 spiro atoms. The number of benzene rings is 1. The highest BCUT2D eigenvalue weighted by Crippen LogP contribution is 2.29. The minimum Gasteiger partial charge on any atom is -0.493 e. The van der Waals surface area contributed by atoms with Gasteiger partial charge >= 0.3 is 0 Å². The third-order valence-electron chi connectivity index (χ3n) is 2.88. The summed E-state index contributed by atoms with van der Waals surface area (Å²) in [6.07, 6.45) is 4.01. The molecule has 4 heteroatoms. The second kappa shape index (κ2) is 5.05. The highest BCUT2D eigenvalue weighted by Gasteiger charge is 2.09. The zero-order valence-corrected chi connectivity index (χ0v) is 12.1. The van der Waals surface area contributed by atoms with Crippen LogP contribution in [0, 0.1) is 0 Å². The molecule has 96 valence electrons. The molecule has 0 amide bonds. The molecule has 2 aromatic heterocycles. The summed E-state index contributed by atoms with van der Waals surface area (Å²) < 4.78 is 8.68. The van der Waals surface area contributed by atoms with Gasteiger partial charge < -0.3 is 9.14 Å². The summed E-state index contributed by atoms with van der Waals surface area (Å²) in [5.41, 5.74) is 2.86. The van der Waals surface area contributed by atoms with E-state index in [0.717, 1.165) is 27.1 Å². The van der Waals surface area contributed by atoms with Crippen molar-refractivity contribution >= 4 is 21.6 Å². The molecule has 0 aliphatic carbocycles. The zero-order chi connectivity index (χ0) is 13.2. The fraction of sp³-hybridized carbons (Fsp3) is 0.133. The molecule has 0 radical (unpaired) electrons. The number of halogens is 1. The first-order valence-electron chi connectivity index (χ1n) is 6.14. The molecule has 0 aliphatic rings. The van der Waals surface area contributed by atoms with Gasteiger partial charge in [0.2, 0.25) is 0 Å². The van der Waals surface area contributed by atoms with Crippen LogP contribution >= 0.6 is 15.9 Å². The van der Waals surface area contributed by atoms with Crippen LogP contribution in [0.25, 0.3) is 16.9 Å². The van der Waals surface area contributed by atoms with Crippen LogP contribution in [0.2, 0.25) is 0 Å². The monoisotopic (exact) mass is 316 g/mol. The molecule has 1 aromatic carbocycles. The Labute approximate surface area is 120 Å². The number of rotatable bonds is 3. The summed E-state index contributed by atoms with van der Waals surface area (Å²) >= 11 is 3.46. The Morgan fingerprint density at radius 3 is 2.84 bits per heavy atom. The third kappa shape index (κ3) is 2.36. The van der Waals surface area contributed by atoms with Gasteiger partial charge in [0.25, 0.3) is 0 Å². The Morgan fingerprint density at radius 1 is 1.16 bits per heavy atom. The highest BCUT2D eigenvalue weighted by molar-refractivity contribution is 9.10. The van der Waals surface area contributed by atoms with Crippen LogP contribution in [0.4, 0.5) is 0 Å². The second-order valence-electron chi connectivity index (χ2n) is 4.17. The maximum atomic E-state index is 5.65. The van der Waals surface area contributed by atoms with Crippen LogP contribution < -0.4 is 4.74 Å². The summed E-state index contributed by atoms with van der Waals surface area (Å²) in [4.78, 5) is 4.63. The molecule has 0 fully saturated rings. The Balaban J connectivity index is 2.13. The second-order valence-corrected chi connectivity index (χ2v) is 5.08. The average molecular weight is 317 g/mol. The summed E-state index contributed by atoms with van der Waals surface area (Å²) in [6, 6.07) is 11.9. The predicted octanol–water partition coefficient (Wildman–Crippen LogP) is 4.16. The first-order valence-corrected chi connectivity index (χ1v) is 6.93. The predicted molar refractivity (Wildman–Crippen MR) is 79.5 cm³/mol. The van der Waals surface area contributed by atoms with Crippen molar-refractivity contribution in [2.75, 3.05) is 6.61 Å². The molecule has 0 N–H and O–H groups in total. The van der Waals surface area contributed by atoms with E-state index in [-0.39, 0.29) is 0 Å². The average Bonchev–Trinajstić information content (AvgIpc) is 2.82. The molecule has 3 rings (SSSR count). The highest BCUT2D eigenvalue weighted by atomic mass is 79.9. The molecule has 0 saturated heterocycles. The van der Waals surface area contributed by atoms with Gasteiger partial charge in [0.05, 0.1) is 12.3 Å². The van der Waals surface area contributed by atoms with E-state index in [1.165, 1.54) is 0 Å². The van der Waals surface area contributed by atoms with E-state index in [1.807, 2.05) is 60.1 Å². The lowest BCUT2D eigenvalue weighted by Gasteiger charge is -2.07. The molecule has 0 saturated carbocycles.